The molecular weight excluding hydrogens is 184 g/mol. The van der Waals surface area contributed by atoms with Crippen molar-refractivity contribution in [3.63, 3.8) is 0 Å². The molecule has 0 heterocycles. The average Bonchev–Trinajstić information content (AvgIpc) is 2.83. The van der Waals surface area contributed by atoms with Gasteiger partial charge in [-0.15, -0.1) is 11.6 Å². The molecule has 1 saturated carbocycles. The fourth-order valence-electron chi connectivity index (χ4n) is 1.53. The number of hydrogen-bond acceptors (Lipinski definition) is 1. The lowest BCUT2D eigenvalue weighted by Crippen LogP contribution is -1.91. The lowest BCUT2D eigenvalue weighted by Gasteiger charge is -2.05. The topological polar surface area (TPSA) is 20.2 Å². The quantitative estimate of drug-likeness (QED) is 0.722. The van der Waals surface area contributed by atoms with Crippen molar-refractivity contribution in [1.82, 2.24) is 0 Å². The van der Waals surface area contributed by atoms with Gasteiger partial charge in [0.2, 0.25) is 0 Å². The number of hydrogen-bond donors (Lipinski definition) is 1. The first-order valence-electron chi connectivity index (χ1n) is 4.60. The fourth-order valence-corrected chi connectivity index (χ4v) is 1.87. The van der Waals surface area contributed by atoms with Gasteiger partial charge in [-0.25, -0.2) is 0 Å². The molecule has 0 bridgehead atoms. The molecule has 0 amide bonds. The summed E-state index contributed by atoms with van der Waals surface area (Å²) in [6, 6.07) is 8.08. The number of benzene rings is 1. The van der Waals surface area contributed by atoms with Gasteiger partial charge < -0.3 is 5.11 Å². The molecule has 0 saturated heterocycles. The van der Waals surface area contributed by atoms with Crippen molar-refractivity contribution < 1.29 is 5.11 Å². The van der Waals surface area contributed by atoms with E-state index in [0.717, 1.165) is 12.0 Å². The Labute approximate surface area is 83.3 Å². The van der Waals surface area contributed by atoms with Crippen molar-refractivity contribution in [2.24, 2.45) is 0 Å². The third-order valence-electron chi connectivity index (χ3n) is 2.56. The summed E-state index contributed by atoms with van der Waals surface area (Å²) < 4.78 is 0. The van der Waals surface area contributed by atoms with Gasteiger partial charge in [0.1, 0.15) is 0 Å². The molecule has 0 aromatic heterocycles. The van der Waals surface area contributed by atoms with Gasteiger partial charge >= 0.3 is 0 Å². The third kappa shape index (κ3) is 1.87. The molecule has 0 spiro atoms. The molecule has 1 unspecified atom stereocenters. The Morgan fingerprint density at radius 3 is 2.31 bits per heavy atom. The van der Waals surface area contributed by atoms with E-state index in [1.54, 1.807) is 6.92 Å². The van der Waals surface area contributed by atoms with E-state index in [4.69, 9.17) is 11.6 Å². The van der Waals surface area contributed by atoms with E-state index in [0.29, 0.717) is 11.3 Å². The van der Waals surface area contributed by atoms with E-state index in [2.05, 4.69) is 12.1 Å². The van der Waals surface area contributed by atoms with E-state index in [1.165, 1.54) is 5.56 Å². The van der Waals surface area contributed by atoms with Gasteiger partial charge in [-0.2, -0.15) is 0 Å². The first kappa shape index (κ1) is 9.04. The van der Waals surface area contributed by atoms with Gasteiger partial charge in [0, 0.05) is 11.3 Å². The molecule has 1 aliphatic carbocycles. The summed E-state index contributed by atoms with van der Waals surface area (Å²) in [5.74, 6) is 0.546. The van der Waals surface area contributed by atoms with Crippen LogP contribution >= 0.6 is 11.6 Å². The largest absolute Gasteiger partial charge is 0.389 e. The van der Waals surface area contributed by atoms with Gasteiger partial charge in [-0.3, -0.25) is 0 Å². The second-order valence-electron chi connectivity index (χ2n) is 3.70. The molecule has 1 nitrogen and oxygen atoms in total. The highest BCUT2D eigenvalue weighted by atomic mass is 35.5. The summed E-state index contributed by atoms with van der Waals surface area (Å²) >= 11 is 5.94. The van der Waals surface area contributed by atoms with E-state index >= 15 is 0 Å². The highest BCUT2D eigenvalue weighted by Crippen LogP contribution is 2.45. The Morgan fingerprint density at radius 2 is 1.92 bits per heavy atom. The molecule has 13 heavy (non-hydrogen) atoms. The van der Waals surface area contributed by atoms with Crippen molar-refractivity contribution in [2.45, 2.75) is 30.7 Å². The Morgan fingerprint density at radius 1 is 1.38 bits per heavy atom. The highest BCUT2D eigenvalue weighted by molar-refractivity contribution is 6.23. The maximum atomic E-state index is 9.29. The second kappa shape index (κ2) is 3.32. The first-order valence-corrected chi connectivity index (χ1v) is 5.04. The predicted molar refractivity (Wildman–Crippen MR) is 54.1 cm³/mol. The molecule has 0 radical (unpaired) electrons. The van der Waals surface area contributed by atoms with Gasteiger partial charge in [-0.05, 0) is 24.5 Å². The zero-order chi connectivity index (χ0) is 9.42. The van der Waals surface area contributed by atoms with Crippen molar-refractivity contribution >= 4 is 11.6 Å². The summed E-state index contributed by atoms with van der Waals surface area (Å²) in [5.41, 5.74) is 2.26. The molecular formula is C11H13ClO. The normalized spacial score (nSPS) is 28.5. The number of rotatable bonds is 2. The monoisotopic (exact) mass is 196 g/mol. The predicted octanol–water partition coefficient (Wildman–Crippen LogP) is 2.83. The van der Waals surface area contributed by atoms with Crippen molar-refractivity contribution in [3.05, 3.63) is 35.4 Å². The lowest BCUT2D eigenvalue weighted by atomic mass is 10.1. The van der Waals surface area contributed by atoms with Gasteiger partial charge in [0.05, 0.1) is 6.10 Å². The molecule has 70 valence electrons. The van der Waals surface area contributed by atoms with Crippen LogP contribution in [0.3, 0.4) is 0 Å². The van der Waals surface area contributed by atoms with Crippen LogP contribution in [0.15, 0.2) is 24.3 Å². The van der Waals surface area contributed by atoms with E-state index in [1.807, 2.05) is 12.1 Å². The fraction of sp³-hybridized carbons (Fsp3) is 0.455. The zero-order valence-electron chi connectivity index (χ0n) is 7.57. The van der Waals surface area contributed by atoms with Crippen LogP contribution in [0, 0.1) is 0 Å². The summed E-state index contributed by atoms with van der Waals surface area (Å²) in [5, 5.41) is 9.63. The molecule has 0 aliphatic heterocycles. The number of halogens is 1. The van der Waals surface area contributed by atoms with Crippen LogP contribution < -0.4 is 0 Å². The van der Waals surface area contributed by atoms with E-state index < -0.39 is 0 Å². The Bertz CT molecular complexity index is 291. The number of aliphatic hydroxyl groups is 1. The maximum Gasteiger partial charge on any atom is 0.0761 e. The van der Waals surface area contributed by atoms with Crippen LogP contribution in [-0.2, 0) is 0 Å². The van der Waals surface area contributed by atoms with Crippen molar-refractivity contribution in [2.75, 3.05) is 0 Å². The molecule has 1 fully saturated rings. The van der Waals surface area contributed by atoms with E-state index in [-0.39, 0.29) is 6.10 Å². The third-order valence-corrected chi connectivity index (χ3v) is 3.04. The minimum atomic E-state index is -0.375. The summed E-state index contributed by atoms with van der Waals surface area (Å²) in [4.78, 5) is 0. The average molecular weight is 197 g/mol. The summed E-state index contributed by atoms with van der Waals surface area (Å²) in [6.45, 7) is 1.77. The first-order chi connectivity index (χ1) is 6.18. The number of alkyl halides is 1. The van der Waals surface area contributed by atoms with Crippen LogP contribution in [0.4, 0.5) is 0 Å². The summed E-state index contributed by atoms with van der Waals surface area (Å²) in [7, 11) is 0. The molecule has 1 N–H and O–H groups in total. The van der Waals surface area contributed by atoms with Crippen LogP contribution in [0.5, 0.6) is 0 Å². The minimum Gasteiger partial charge on any atom is -0.389 e. The molecule has 2 heteroatoms. The lowest BCUT2D eigenvalue weighted by molar-refractivity contribution is 0.199. The standard InChI is InChI=1S/C11H13ClO/c1-7(13)8-2-4-9(5-3-8)10-6-11(10)12/h2-5,7,10-11,13H,6H2,1H3/t7?,10-,11+/m0/s1. The van der Waals surface area contributed by atoms with E-state index in [9.17, 15) is 5.11 Å². The van der Waals surface area contributed by atoms with Crippen LogP contribution in [0.2, 0.25) is 0 Å². The van der Waals surface area contributed by atoms with Crippen LogP contribution in [0.25, 0.3) is 0 Å². The van der Waals surface area contributed by atoms with Gasteiger partial charge in [0.25, 0.3) is 0 Å². The Balaban J connectivity index is 2.14. The Hall–Kier alpha value is -0.530. The SMILES string of the molecule is CC(O)c1ccc([C@@H]2C[C@H]2Cl)cc1. The zero-order valence-corrected chi connectivity index (χ0v) is 8.33. The van der Waals surface area contributed by atoms with Crippen molar-refractivity contribution in [3.8, 4) is 0 Å². The molecule has 1 aliphatic rings. The Kier molecular flexibility index (Phi) is 2.31. The van der Waals surface area contributed by atoms with Gasteiger partial charge in [0.15, 0.2) is 0 Å². The highest BCUT2D eigenvalue weighted by Gasteiger charge is 2.36. The van der Waals surface area contributed by atoms with Crippen LogP contribution in [-0.4, -0.2) is 10.5 Å². The van der Waals surface area contributed by atoms with Crippen LogP contribution in [0.1, 0.15) is 36.5 Å². The summed E-state index contributed by atoms with van der Waals surface area (Å²) in [6.07, 6.45) is 0.718. The van der Waals surface area contributed by atoms with Gasteiger partial charge in [-0.1, -0.05) is 24.3 Å². The minimum absolute atomic E-state index is 0.331. The molecule has 2 rings (SSSR count). The smallest absolute Gasteiger partial charge is 0.0761 e. The maximum absolute atomic E-state index is 9.29. The molecule has 1 aromatic carbocycles. The number of aliphatic hydroxyl groups excluding tert-OH is 1. The van der Waals surface area contributed by atoms with Crippen molar-refractivity contribution in [1.29, 1.82) is 0 Å². The molecule has 1 aromatic rings. The second-order valence-corrected chi connectivity index (χ2v) is 4.26. The molecule has 3 atom stereocenters.